The highest BCUT2D eigenvalue weighted by Gasteiger charge is 2.50. The second kappa shape index (κ2) is 5.98. The molecular weight excluding hydrogens is 324 g/mol. The number of nitrogens with zero attached hydrogens (tertiary/aromatic N) is 2. The van der Waals surface area contributed by atoms with Crippen LogP contribution in [-0.4, -0.2) is 44.1 Å². The van der Waals surface area contributed by atoms with E-state index in [0.29, 0.717) is 13.0 Å². The Morgan fingerprint density at radius 3 is 2.71 bits per heavy atom. The van der Waals surface area contributed by atoms with E-state index in [2.05, 4.69) is 27.4 Å². The third-order valence-corrected chi connectivity index (χ3v) is 5.90. The number of aromatic amines is 1. The van der Waals surface area contributed by atoms with Gasteiger partial charge in [-0.05, 0) is 25.0 Å². The molecule has 2 fully saturated rings. The van der Waals surface area contributed by atoms with Crippen molar-refractivity contribution < 1.29 is 9.59 Å². The third-order valence-electron chi connectivity index (χ3n) is 4.42. The van der Waals surface area contributed by atoms with Crippen molar-refractivity contribution in [2.75, 3.05) is 6.54 Å². The van der Waals surface area contributed by atoms with Gasteiger partial charge < -0.3 is 10.3 Å². The molecule has 0 radical (unpaired) electrons. The molecule has 0 bridgehead atoms. The van der Waals surface area contributed by atoms with Crippen LogP contribution in [-0.2, 0) is 11.2 Å². The number of imidazole rings is 1. The number of nitrogens with one attached hydrogen (secondary N) is 2. The average Bonchev–Trinajstić information content (AvgIpc) is 3.03. The number of aromatic nitrogens is 2. The predicted octanol–water partition coefficient (Wildman–Crippen LogP) is 2.20. The van der Waals surface area contributed by atoms with Crippen molar-refractivity contribution in [2.45, 2.75) is 34.9 Å². The van der Waals surface area contributed by atoms with Crippen molar-refractivity contribution in [3.8, 4) is 0 Å². The lowest BCUT2D eigenvalue weighted by atomic mass is 10.1. The number of carbonyl (C=O) groups is 2. The molecule has 0 spiro atoms. The van der Waals surface area contributed by atoms with E-state index in [4.69, 9.17) is 0 Å². The van der Waals surface area contributed by atoms with Gasteiger partial charge in [-0.3, -0.25) is 9.69 Å². The Labute approximate surface area is 144 Å². The van der Waals surface area contributed by atoms with E-state index in [1.807, 2.05) is 18.2 Å². The van der Waals surface area contributed by atoms with Gasteiger partial charge in [0.15, 0.2) is 0 Å². The Morgan fingerprint density at radius 2 is 2.04 bits per heavy atom. The first kappa shape index (κ1) is 15.3. The van der Waals surface area contributed by atoms with Crippen LogP contribution >= 0.6 is 11.8 Å². The monoisotopic (exact) mass is 342 g/mol. The number of rotatable bonds is 6. The maximum Gasteiger partial charge on any atom is 0.324 e. The van der Waals surface area contributed by atoms with Crippen LogP contribution in [0.5, 0.6) is 0 Å². The third kappa shape index (κ3) is 3.03. The second-order valence-corrected chi connectivity index (χ2v) is 7.85. The van der Waals surface area contributed by atoms with Crippen LogP contribution in [0.4, 0.5) is 4.79 Å². The number of imide groups is 1. The van der Waals surface area contributed by atoms with Crippen molar-refractivity contribution in [1.82, 2.24) is 20.2 Å². The van der Waals surface area contributed by atoms with Gasteiger partial charge in [-0.25, -0.2) is 9.78 Å². The Balaban J connectivity index is 1.42. The van der Waals surface area contributed by atoms with E-state index in [9.17, 15) is 9.59 Å². The van der Waals surface area contributed by atoms with Crippen LogP contribution in [0.15, 0.2) is 47.8 Å². The molecule has 24 heavy (non-hydrogen) atoms. The van der Waals surface area contributed by atoms with Crippen molar-refractivity contribution in [3.63, 3.8) is 0 Å². The minimum absolute atomic E-state index is 0.0305. The molecule has 4 rings (SSSR count). The minimum Gasteiger partial charge on any atom is -0.348 e. The number of hydrogen-bond donors (Lipinski definition) is 2. The molecule has 2 N–H and O–H groups in total. The molecule has 1 saturated carbocycles. The summed E-state index contributed by atoms with van der Waals surface area (Å²) in [6, 6.07) is 9.34. The number of thioether (sulfide) groups is 1. The molecule has 7 heteroatoms. The van der Waals surface area contributed by atoms with E-state index < -0.39 is 6.04 Å². The van der Waals surface area contributed by atoms with E-state index in [1.165, 1.54) is 9.80 Å². The Hall–Kier alpha value is -2.28. The van der Waals surface area contributed by atoms with Gasteiger partial charge in [0.05, 0.1) is 6.33 Å². The van der Waals surface area contributed by atoms with Gasteiger partial charge in [-0.2, -0.15) is 0 Å². The fourth-order valence-corrected chi connectivity index (χ4v) is 4.23. The van der Waals surface area contributed by atoms with E-state index in [1.54, 1.807) is 24.3 Å². The molecule has 1 aliphatic carbocycles. The van der Waals surface area contributed by atoms with E-state index >= 15 is 0 Å². The van der Waals surface area contributed by atoms with Crippen LogP contribution in [0.3, 0.4) is 0 Å². The summed E-state index contributed by atoms with van der Waals surface area (Å²) in [5.41, 5.74) is 0.843. The van der Waals surface area contributed by atoms with Gasteiger partial charge >= 0.3 is 6.03 Å². The predicted molar refractivity (Wildman–Crippen MR) is 90.6 cm³/mol. The first-order chi connectivity index (χ1) is 11.7. The van der Waals surface area contributed by atoms with Crippen molar-refractivity contribution in [2.24, 2.45) is 0 Å². The summed E-state index contributed by atoms with van der Waals surface area (Å²) in [5, 5.41) is 2.79. The lowest BCUT2D eigenvalue weighted by Crippen LogP contribution is -2.38. The molecule has 124 valence electrons. The topological polar surface area (TPSA) is 78.1 Å². The SMILES string of the molecule is O=C1N[C@@H](Cc2cnc[nH]2)C(=O)N1CC1(Sc2ccccc2)CC1. The smallest absolute Gasteiger partial charge is 0.324 e. The summed E-state index contributed by atoms with van der Waals surface area (Å²) < 4.78 is -0.0305. The zero-order chi connectivity index (χ0) is 16.6. The Bertz CT molecular complexity index is 743. The lowest BCUT2D eigenvalue weighted by molar-refractivity contribution is -0.127. The zero-order valence-corrected chi connectivity index (χ0v) is 13.9. The maximum atomic E-state index is 12.6. The van der Waals surface area contributed by atoms with Crippen LogP contribution in [0, 0.1) is 0 Å². The number of carbonyl (C=O) groups excluding carboxylic acids is 2. The lowest BCUT2D eigenvalue weighted by Gasteiger charge is -2.21. The van der Waals surface area contributed by atoms with Crippen LogP contribution in [0.25, 0.3) is 0 Å². The molecule has 2 aromatic rings. The van der Waals surface area contributed by atoms with Crippen LogP contribution < -0.4 is 5.32 Å². The number of amides is 3. The van der Waals surface area contributed by atoms with Gasteiger partial charge in [0.1, 0.15) is 6.04 Å². The fraction of sp³-hybridized carbons (Fsp3) is 0.353. The van der Waals surface area contributed by atoms with Gasteiger partial charge in [-0.15, -0.1) is 11.8 Å². The molecule has 1 aliphatic heterocycles. The Kier molecular flexibility index (Phi) is 3.80. The minimum atomic E-state index is -0.504. The number of benzene rings is 1. The second-order valence-electron chi connectivity index (χ2n) is 6.31. The van der Waals surface area contributed by atoms with Crippen molar-refractivity contribution >= 4 is 23.7 Å². The van der Waals surface area contributed by atoms with Gasteiger partial charge in [0.2, 0.25) is 0 Å². The summed E-state index contributed by atoms with van der Waals surface area (Å²) in [6.45, 7) is 0.469. The first-order valence-corrected chi connectivity index (χ1v) is 8.80. The Morgan fingerprint density at radius 1 is 1.25 bits per heavy atom. The first-order valence-electron chi connectivity index (χ1n) is 7.98. The number of H-pyrrole nitrogens is 1. The molecule has 3 amide bonds. The molecule has 1 aromatic heterocycles. The van der Waals surface area contributed by atoms with Gasteiger partial charge in [0.25, 0.3) is 5.91 Å². The van der Waals surface area contributed by atoms with Crippen molar-refractivity contribution in [3.05, 3.63) is 48.5 Å². The standard InChI is InChI=1S/C17H18N4O2S/c22-15-14(8-12-9-18-11-19-12)20-16(23)21(15)10-17(6-7-17)24-13-4-2-1-3-5-13/h1-5,9,11,14H,6-8,10H2,(H,18,19)(H,20,23)/t14-/m0/s1. The highest BCUT2D eigenvalue weighted by atomic mass is 32.2. The summed E-state index contributed by atoms with van der Waals surface area (Å²) >= 11 is 1.76. The molecular formula is C17H18N4O2S. The molecule has 1 atom stereocenters. The average molecular weight is 342 g/mol. The number of hydrogen-bond acceptors (Lipinski definition) is 4. The summed E-state index contributed by atoms with van der Waals surface area (Å²) in [7, 11) is 0. The molecule has 6 nitrogen and oxygen atoms in total. The summed E-state index contributed by atoms with van der Waals surface area (Å²) in [5.74, 6) is -0.144. The molecule has 0 unspecified atom stereocenters. The van der Waals surface area contributed by atoms with Crippen LogP contribution in [0.1, 0.15) is 18.5 Å². The molecule has 1 aromatic carbocycles. The summed E-state index contributed by atoms with van der Waals surface area (Å²) in [6.07, 6.45) is 5.74. The van der Waals surface area contributed by atoms with Gasteiger partial charge in [0, 0.05) is 34.5 Å². The quantitative estimate of drug-likeness (QED) is 0.789. The van der Waals surface area contributed by atoms with Crippen LogP contribution in [0.2, 0.25) is 0 Å². The van der Waals surface area contributed by atoms with Gasteiger partial charge in [-0.1, -0.05) is 18.2 Å². The maximum absolute atomic E-state index is 12.6. The molecule has 2 aliphatic rings. The largest absolute Gasteiger partial charge is 0.348 e. The van der Waals surface area contributed by atoms with Crippen molar-refractivity contribution in [1.29, 1.82) is 0 Å². The number of urea groups is 1. The zero-order valence-electron chi connectivity index (χ0n) is 13.1. The van der Waals surface area contributed by atoms with E-state index in [0.717, 1.165) is 18.5 Å². The molecule has 1 saturated heterocycles. The highest BCUT2D eigenvalue weighted by molar-refractivity contribution is 8.01. The normalized spacial score (nSPS) is 21.8. The van der Waals surface area contributed by atoms with E-state index in [-0.39, 0.29) is 16.7 Å². The fourth-order valence-electron chi connectivity index (χ4n) is 2.94. The molecule has 2 heterocycles. The highest BCUT2D eigenvalue weighted by Crippen LogP contribution is 2.52. The summed E-state index contributed by atoms with van der Waals surface area (Å²) in [4.78, 5) is 34.3.